The van der Waals surface area contributed by atoms with Crippen molar-refractivity contribution >= 4 is 21.9 Å². The van der Waals surface area contributed by atoms with Gasteiger partial charge in [-0.15, -0.1) is 0 Å². The highest BCUT2D eigenvalue weighted by atomic mass is 32.2. The summed E-state index contributed by atoms with van der Waals surface area (Å²) in [5.41, 5.74) is -0.295. The van der Waals surface area contributed by atoms with Crippen LogP contribution in [0.25, 0.3) is 0 Å². The maximum atomic E-state index is 13.0. The first-order valence-corrected chi connectivity index (χ1v) is 9.33. The molecule has 0 aliphatic carbocycles. The van der Waals surface area contributed by atoms with E-state index in [9.17, 15) is 22.4 Å². The average molecular weight is 394 g/mol. The fraction of sp³-hybridized carbons (Fsp3) is 0.250. The van der Waals surface area contributed by atoms with E-state index in [0.29, 0.717) is 0 Å². The summed E-state index contributed by atoms with van der Waals surface area (Å²) in [6.45, 7) is 0.432. The van der Waals surface area contributed by atoms with E-state index in [4.69, 9.17) is 5.11 Å². The number of nitrogens with zero attached hydrogens (tertiary/aromatic N) is 4. The molecular weight excluding hydrogens is 379 g/mol. The van der Waals surface area contributed by atoms with Crippen molar-refractivity contribution in [2.45, 2.75) is 4.90 Å². The Labute approximate surface area is 154 Å². The zero-order valence-corrected chi connectivity index (χ0v) is 14.8. The number of sulfonamides is 1. The number of carboxylic acids is 1. The number of benzene rings is 1. The molecule has 0 atom stereocenters. The second-order valence-electron chi connectivity index (χ2n) is 5.74. The van der Waals surface area contributed by atoms with Gasteiger partial charge in [-0.05, 0) is 24.3 Å². The van der Waals surface area contributed by atoms with E-state index in [1.807, 2.05) is 0 Å². The molecule has 0 bridgehead atoms. The molecule has 0 radical (unpaired) electrons. The monoisotopic (exact) mass is 394 g/mol. The molecule has 1 fully saturated rings. The Morgan fingerprint density at radius 3 is 2.04 bits per heavy atom. The van der Waals surface area contributed by atoms with Gasteiger partial charge in [-0.3, -0.25) is 4.79 Å². The second-order valence-corrected chi connectivity index (χ2v) is 7.68. The number of rotatable bonds is 4. The third kappa shape index (κ3) is 3.93. The van der Waals surface area contributed by atoms with Crippen LogP contribution in [0.2, 0.25) is 0 Å². The molecule has 0 spiro atoms. The number of carboxylic acid groups (broad SMARTS) is 1. The third-order valence-electron chi connectivity index (χ3n) is 4.07. The van der Waals surface area contributed by atoms with E-state index in [2.05, 4.69) is 9.97 Å². The van der Waals surface area contributed by atoms with E-state index < -0.39 is 27.7 Å². The lowest BCUT2D eigenvalue weighted by Crippen LogP contribution is -2.50. The summed E-state index contributed by atoms with van der Waals surface area (Å²) >= 11 is 0. The number of carbonyl (C=O) groups is 2. The summed E-state index contributed by atoms with van der Waals surface area (Å²) in [5.74, 6) is -2.24. The van der Waals surface area contributed by atoms with E-state index in [1.54, 1.807) is 0 Å². The van der Waals surface area contributed by atoms with Crippen molar-refractivity contribution in [3.05, 3.63) is 53.9 Å². The first-order chi connectivity index (χ1) is 12.8. The molecule has 1 aliphatic rings. The minimum atomic E-state index is -3.77. The Morgan fingerprint density at radius 1 is 0.963 bits per heavy atom. The van der Waals surface area contributed by atoms with Gasteiger partial charge in [0.25, 0.3) is 5.91 Å². The predicted molar refractivity (Wildman–Crippen MR) is 90.1 cm³/mol. The quantitative estimate of drug-likeness (QED) is 0.800. The molecule has 1 aromatic carbocycles. The van der Waals surface area contributed by atoms with Gasteiger partial charge >= 0.3 is 5.97 Å². The number of aromatic nitrogens is 2. The predicted octanol–water partition coefficient (Wildman–Crippen LogP) is 0.461. The van der Waals surface area contributed by atoms with Crippen LogP contribution in [0.15, 0.2) is 41.6 Å². The maximum absolute atomic E-state index is 13.0. The Balaban J connectivity index is 1.66. The fourth-order valence-electron chi connectivity index (χ4n) is 2.60. The summed E-state index contributed by atoms with van der Waals surface area (Å²) in [6.07, 6.45) is 2.07. The van der Waals surface area contributed by atoms with Crippen LogP contribution in [0.4, 0.5) is 4.39 Å². The van der Waals surface area contributed by atoms with Crippen LogP contribution in [-0.2, 0) is 10.0 Å². The van der Waals surface area contributed by atoms with Crippen LogP contribution in [0.3, 0.4) is 0 Å². The standard InChI is InChI=1S/C16H15FN4O5S/c17-11-1-3-12(4-2-11)27(25,26)21-7-5-20(6-8-21)15(22)13-9-19-14(10-18-13)16(23)24/h1-4,9-10H,5-8H2,(H,23,24). The summed E-state index contributed by atoms with van der Waals surface area (Å²) in [6, 6.07) is 4.54. The van der Waals surface area contributed by atoms with E-state index in [0.717, 1.165) is 24.5 Å². The van der Waals surface area contributed by atoms with Crippen molar-refractivity contribution < 1.29 is 27.5 Å². The van der Waals surface area contributed by atoms with Crippen LogP contribution < -0.4 is 0 Å². The van der Waals surface area contributed by atoms with Crippen molar-refractivity contribution in [3.8, 4) is 0 Å². The lowest BCUT2D eigenvalue weighted by Gasteiger charge is -2.33. The first kappa shape index (κ1) is 18.9. The van der Waals surface area contributed by atoms with E-state index in [-0.39, 0.29) is 42.5 Å². The molecule has 2 aromatic rings. The molecule has 142 valence electrons. The van der Waals surface area contributed by atoms with Crippen molar-refractivity contribution in [1.82, 2.24) is 19.2 Å². The topological polar surface area (TPSA) is 121 Å². The van der Waals surface area contributed by atoms with Crippen molar-refractivity contribution in [2.75, 3.05) is 26.2 Å². The molecule has 0 unspecified atom stereocenters. The zero-order valence-electron chi connectivity index (χ0n) is 13.9. The Kier molecular flexibility index (Phi) is 5.15. The van der Waals surface area contributed by atoms with Gasteiger partial charge in [0.05, 0.1) is 17.3 Å². The third-order valence-corrected chi connectivity index (χ3v) is 5.98. The minimum absolute atomic E-state index is 0.0150. The first-order valence-electron chi connectivity index (χ1n) is 7.89. The van der Waals surface area contributed by atoms with Crippen molar-refractivity contribution in [3.63, 3.8) is 0 Å². The number of aromatic carboxylic acids is 1. The van der Waals surface area contributed by atoms with Gasteiger partial charge in [0.2, 0.25) is 10.0 Å². The highest BCUT2D eigenvalue weighted by Crippen LogP contribution is 2.18. The van der Waals surface area contributed by atoms with Crippen LogP contribution in [0.1, 0.15) is 21.0 Å². The highest BCUT2D eigenvalue weighted by molar-refractivity contribution is 7.89. The van der Waals surface area contributed by atoms with Crippen molar-refractivity contribution in [1.29, 1.82) is 0 Å². The van der Waals surface area contributed by atoms with Gasteiger partial charge in [-0.1, -0.05) is 0 Å². The van der Waals surface area contributed by atoms with Gasteiger partial charge in [-0.25, -0.2) is 27.6 Å². The second kappa shape index (κ2) is 7.37. The smallest absolute Gasteiger partial charge is 0.356 e. The fourth-order valence-corrected chi connectivity index (χ4v) is 4.02. The Hall–Kier alpha value is -2.92. The largest absolute Gasteiger partial charge is 0.476 e. The SMILES string of the molecule is O=C(O)c1cnc(C(=O)N2CCN(S(=O)(=O)c3ccc(F)cc3)CC2)cn1. The number of halogens is 1. The highest BCUT2D eigenvalue weighted by Gasteiger charge is 2.31. The number of amides is 1. The van der Waals surface area contributed by atoms with E-state index in [1.165, 1.54) is 21.3 Å². The van der Waals surface area contributed by atoms with Crippen LogP contribution in [0, 0.1) is 5.82 Å². The molecule has 2 heterocycles. The molecule has 3 rings (SSSR count). The average Bonchev–Trinajstić information content (AvgIpc) is 2.68. The molecule has 0 saturated carbocycles. The Bertz CT molecular complexity index is 955. The Morgan fingerprint density at radius 2 is 1.52 bits per heavy atom. The minimum Gasteiger partial charge on any atom is -0.476 e. The summed E-state index contributed by atoms with van der Waals surface area (Å²) < 4.78 is 39.4. The molecule has 27 heavy (non-hydrogen) atoms. The van der Waals surface area contributed by atoms with E-state index >= 15 is 0 Å². The molecule has 1 aromatic heterocycles. The summed E-state index contributed by atoms with van der Waals surface area (Å²) in [4.78, 5) is 32.0. The number of piperazine rings is 1. The summed E-state index contributed by atoms with van der Waals surface area (Å²) in [7, 11) is -3.77. The van der Waals surface area contributed by atoms with Gasteiger partial charge < -0.3 is 10.0 Å². The van der Waals surface area contributed by atoms with Crippen molar-refractivity contribution in [2.24, 2.45) is 0 Å². The van der Waals surface area contributed by atoms with Gasteiger partial charge in [-0.2, -0.15) is 4.31 Å². The molecule has 1 amide bonds. The molecule has 1 saturated heterocycles. The zero-order chi connectivity index (χ0) is 19.6. The molecule has 9 nitrogen and oxygen atoms in total. The lowest BCUT2D eigenvalue weighted by atomic mass is 10.3. The van der Waals surface area contributed by atoms with Crippen LogP contribution >= 0.6 is 0 Å². The van der Waals surface area contributed by atoms with Crippen LogP contribution in [-0.4, -0.2) is 70.8 Å². The number of hydrogen-bond donors (Lipinski definition) is 1. The van der Waals surface area contributed by atoms with Gasteiger partial charge in [0, 0.05) is 26.2 Å². The van der Waals surface area contributed by atoms with Gasteiger partial charge in [0.15, 0.2) is 5.69 Å². The molecule has 1 N–H and O–H groups in total. The van der Waals surface area contributed by atoms with Gasteiger partial charge in [0.1, 0.15) is 11.5 Å². The number of hydrogen-bond acceptors (Lipinski definition) is 6. The summed E-state index contributed by atoms with van der Waals surface area (Å²) in [5, 5.41) is 8.80. The van der Waals surface area contributed by atoms with Crippen LogP contribution in [0.5, 0.6) is 0 Å². The molecule has 11 heteroatoms. The maximum Gasteiger partial charge on any atom is 0.356 e. The normalized spacial score (nSPS) is 15.5. The lowest BCUT2D eigenvalue weighted by molar-refractivity contribution is 0.0674. The molecular formula is C16H15FN4O5S. The number of carbonyl (C=O) groups excluding carboxylic acids is 1. The molecule has 1 aliphatic heterocycles.